The molecule has 0 fully saturated rings. The van der Waals surface area contributed by atoms with Crippen LogP contribution >= 0.6 is 23.2 Å². The molecule has 0 aliphatic heterocycles. The Morgan fingerprint density at radius 3 is 2.33 bits per heavy atom. The first-order chi connectivity index (χ1) is 18.9. The monoisotopic (exact) mass is 582 g/mol. The van der Waals surface area contributed by atoms with Gasteiger partial charge in [0.25, 0.3) is 0 Å². The van der Waals surface area contributed by atoms with Crippen molar-refractivity contribution in [1.82, 2.24) is 25.1 Å². The molecule has 0 bridgehead atoms. The van der Waals surface area contributed by atoms with E-state index in [1.54, 1.807) is 10.7 Å². The molecule has 0 unspecified atom stereocenters. The molecule has 4 N–H and O–H groups in total. The zero-order valence-corrected chi connectivity index (χ0v) is 24.0. The normalized spacial score (nSPS) is 11.1. The maximum atomic E-state index is 13.0. The summed E-state index contributed by atoms with van der Waals surface area (Å²) >= 11 is 12.9. The van der Waals surface area contributed by atoms with Crippen molar-refractivity contribution in [3.8, 4) is 17.3 Å². The number of urea groups is 2. The van der Waals surface area contributed by atoms with E-state index in [1.165, 1.54) is 25.4 Å². The van der Waals surface area contributed by atoms with Crippen LogP contribution in [0.3, 0.4) is 0 Å². The smallest absolute Gasteiger partial charge is 0.324 e. The molecule has 0 atom stereocenters. The number of aryl methyl sites for hydroxylation is 1. The molecule has 40 heavy (non-hydrogen) atoms. The van der Waals surface area contributed by atoms with E-state index in [-0.39, 0.29) is 38.7 Å². The fraction of sp³-hybridized carbons (Fsp3) is 0.222. The number of anilines is 3. The highest BCUT2D eigenvalue weighted by atomic mass is 35.5. The number of carbonyl (C=O) groups is 2. The van der Waals surface area contributed by atoms with Gasteiger partial charge in [-0.3, -0.25) is 10.6 Å². The van der Waals surface area contributed by atoms with Crippen LogP contribution in [-0.2, 0) is 5.41 Å². The van der Waals surface area contributed by atoms with Crippen LogP contribution in [-0.4, -0.2) is 38.9 Å². The molecule has 0 aliphatic carbocycles. The summed E-state index contributed by atoms with van der Waals surface area (Å²) in [4.78, 5) is 32.6. The fourth-order valence-electron chi connectivity index (χ4n) is 3.43. The number of hydrogen-bond acceptors (Lipinski definition) is 6. The molecule has 4 amide bonds. The van der Waals surface area contributed by atoms with Crippen molar-refractivity contribution in [3.63, 3.8) is 0 Å². The molecule has 208 valence electrons. The second kappa shape index (κ2) is 11.8. The number of rotatable bonds is 6. The van der Waals surface area contributed by atoms with Gasteiger partial charge in [0.1, 0.15) is 16.6 Å². The van der Waals surface area contributed by atoms with Crippen molar-refractivity contribution in [2.45, 2.75) is 33.1 Å². The van der Waals surface area contributed by atoms with Gasteiger partial charge in [0.15, 0.2) is 0 Å². The Hall–Kier alpha value is -4.35. The minimum absolute atomic E-state index is 0.0357. The Labute approximate surface area is 241 Å². The third-order valence-corrected chi connectivity index (χ3v) is 6.45. The maximum absolute atomic E-state index is 13.0. The molecule has 13 heteroatoms. The van der Waals surface area contributed by atoms with Crippen LogP contribution in [0, 0.1) is 6.92 Å². The van der Waals surface area contributed by atoms with Gasteiger partial charge in [-0.25, -0.2) is 19.3 Å². The largest absolute Gasteiger partial charge is 0.437 e. The van der Waals surface area contributed by atoms with Crippen LogP contribution in [0.15, 0.2) is 54.7 Å². The molecule has 2 aromatic heterocycles. The summed E-state index contributed by atoms with van der Waals surface area (Å²) in [7, 11) is 1.47. The Morgan fingerprint density at radius 1 is 0.925 bits per heavy atom. The Bertz CT molecular complexity index is 1550. The molecule has 0 radical (unpaired) electrons. The number of nitrogens with zero attached hydrogens (tertiary/aromatic N) is 4. The molecular weight excluding hydrogens is 555 g/mol. The predicted octanol–water partition coefficient (Wildman–Crippen LogP) is 6.76. The van der Waals surface area contributed by atoms with Gasteiger partial charge in [-0.2, -0.15) is 10.1 Å². The Kier molecular flexibility index (Phi) is 8.46. The van der Waals surface area contributed by atoms with Crippen molar-refractivity contribution in [3.05, 3.63) is 76.0 Å². The number of benzene rings is 2. The molecular formula is C27H28Cl2N8O3. The number of ether oxygens (including phenoxy) is 1. The summed E-state index contributed by atoms with van der Waals surface area (Å²) in [6.45, 7) is 8.14. The molecule has 0 spiro atoms. The number of hydrogen-bond donors (Lipinski definition) is 4. The minimum atomic E-state index is -0.541. The highest BCUT2D eigenvalue weighted by Gasteiger charge is 2.22. The average Bonchev–Trinajstić information content (AvgIpc) is 3.33. The van der Waals surface area contributed by atoms with Gasteiger partial charge >= 0.3 is 12.1 Å². The van der Waals surface area contributed by atoms with Crippen molar-refractivity contribution in [2.75, 3.05) is 23.0 Å². The maximum Gasteiger partial charge on any atom is 0.324 e. The van der Waals surface area contributed by atoms with Crippen LogP contribution in [0.5, 0.6) is 11.6 Å². The lowest BCUT2D eigenvalue weighted by molar-refractivity contribution is 0.253. The van der Waals surface area contributed by atoms with Gasteiger partial charge in [-0.05, 0) is 31.2 Å². The molecule has 4 aromatic rings. The van der Waals surface area contributed by atoms with Crippen LogP contribution in [0.1, 0.15) is 32.0 Å². The van der Waals surface area contributed by atoms with Crippen molar-refractivity contribution < 1.29 is 14.3 Å². The summed E-state index contributed by atoms with van der Waals surface area (Å²) in [6, 6.07) is 13.2. The molecule has 11 nitrogen and oxygen atoms in total. The Balaban J connectivity index is 1.52. The fourth-order valence-corrected chi connectivity index (χ4v) is 3.84. The molecule has 2 heterocycles. The topological polar surface area (TPSA) is 135 Å². The van der Waals surface area contributed by atoms with Crippen LogP contribution in [0.25, 0.3) is 5.69 Å². The number of amides is 4. The highest BCUT2D eigenvalue weighted by molar-refractivity contribution is 6.45. The quantitative estimate of drug-likeness (QED) is 0.198. The van der Waals surface area contributed by atoms with Crippen LogP contribution in [0.2, 0.25) is 10.0 Å². The van der Waals surface area contributed by atoms with Crippen molar-refractivity contribution in [1.29, 1.82) is 0 Å². The van der Waals surface area contributed by atoms with Gasteiger partial charge in [-0.1, -0.05) is 61.7 Å². The van der Waals surface area contributed by atoms with Crippen molar-refractivity contribution in [2.24, 2.45) is 0 Å². The standard InChI is InChI=1S/C27H28Cl2N8O3/c1-15-6-8-16(9-7-15)37-20(14-19(36-37)27(2,3)4)33-26(39)32-17-10-11-18(23(29)22(17)28)40-21-12-13-31-24(34-21)35-25(38)30-5/h6-14H,1-5H3,(H2,32,33,39)(H2,30,31,34,35,38). The number of nitrogens with one attached hydrogen (secondary N) is 4. The van der Waals surface area contributed by atoms with Crippen LogP contribution < -0.4 is 26.0 Å². The van der Waals surface area contributed by atoms with E-state index in [0.717, 1.165) is 16.9 Å². The lowest BCUT2D eigenvalue weighted by Gasteiger charge is -2.14. The molecule has 0 aliphatic rings. The van der Waals surface area contributed by atoms with E-state index in [4.69, 9.17) is 33.0 Å². The van der Waals surface area contributed by atoms with E-state index in [9.17, 15) is 9.59 Å². The van der Waals surface area contributed by atoms with Gasteiger partial charge in [0.2, 0.25) is 11.8 Å². The third kappa shape index (κ3) is 6.80. The summed E-state index contributed by atoms with van der Waals surface area (Å²) in [5.41, 5.74) is 2.75. The van der Waals surface area contributed by atoms with E-state index < -0.39 is 12.1 Å². The van der Waals surface area contributed by atoms with Gasteiger partial charge < -0.3 is 15.4 Å². The highest BCUT2D eigenvalue weighted by Crippen LogP contribution is 2.39. The zero-order chi connectivity index (χ0) is 29.0. The predicted molar refractivity (Wildman–Crippen MR) is 156 cm³/mol. The Morgan fingerprint density at radius 2 is 1.65 bits per heavy atom. The number of carbonyl (C=O) groups excluding carboxylic acids is 2. The third-order valence-electron chi connectivity index (χ3n) is 5.59. The first-order valence-corrected chi connectivity index (χ1v) is 12.9. The van der Waals surface area contributed by atoms with Gasteiger partial charge in [-0.15, -0.1) is 0 Å². The molecule has 0 saturated carbocycles. The van der Waals surface area contributed by atoms with E-state index in [2.05, 4.69) is 31.2 Å². The lowest BCUT2D eigenvalue weighted by atomic mass is 9.92. The molecule has 4 rings (SSSR count). The molecule has 0 saturated heterocycles. The second-order valence-corrected chi connectivity index (χ2v) is 10.5. The molecule has 2 aromatic carbocycles. The minimum Gasteiger partial charge on any atom is -0.437 e. The number of aromatic nitrogens is 4. The van der Waals surface area contributed by atoms with E-state index in [1.807, 2.05) is 58.0 Å². The van der Waals surface area contributed by atoms with E-state index >= 15 is 0 Å². The first kappa shape index (κ1) is 28.7. The number of halogens is 2. The zero-order valence-electron chi connectivity index (χ0n) is 22.5. The van der Waals surface area contributed by atoms with Gasteiger partial charge in [0, 0.05) is 30.8 Å². The first-order valence-electron chi connectivity index (χ1n) is 12.2. The van der Waals surface area contributed by atoms with Crippen molar-refractivity contribution >= 4 is 52.7 Å². The summed E-state index contributed by atoms with van der Waals surface area (Å²) in [5, 5.41) is 15.3. The van der Waals surface area contributed by atoms with Gasteiger partial charge in [0.05, 0.1) is 22.1 Å². The summed E-state index contributed by atoms with van der Waals surface area (Å²) in [6.07, 6.45) is 1.41. The lowest BCUT2D eigenvalue weighted by Crippen LogP contribution is -2.25. The second-order valence-electron chi connectivity index (χ2n) is 9.76. The summed E-state index contributed by atoms with van der Waals surface area (Å²) in [5.74, 6) is 0.832. The average molecular weight is 583 g/mol. The summed E-state index contributed by atoms with van der Waals surface area (Å²) < 4.78 is 7.41. The SMILES string of the molecule is CNC(=O)Nc1nccc(Oc2ccc(NC(=O)Nc3cc(C(C)(C)C)nn3-c3ccc(C)cc3)c(Cl)c2Cl)n1. The van der Waals surface area contributed by atoms with E-state index in [0.29, 0.717) is 5.82 Å². The van der Waals surface area contributed by atoms with Crippen LogP contribution in [0.4, 0.5) is 27.0 Å².